The third-order valence-corrected chi connectivity index (χ3v) is 5.95. The van der Waals surface area contributed by atoms with E-state index in [1.54, 1.807) is 26.4 Å². The molecule has 0 amide bonds. The number of carbonyl (C=O) groups excluding carboxylic acids is 1. The van der Waals surface area contributed by atoms with Crippen LogP contribution in [0.1, 0.15) is 23.3 Å². The normalized spacial score (nSPS) is 11.2. The number of para-hydroxylation sites is 1. The van der Waals surface area contributed by atoms with Crippen molar-refractivity contribution in [1.29, 1.82) is 5.41 Å². The number of nitrogens with zero attached hydrogens (tertiary/aromatic N) is 2. The highest BCUT2D eigenvalue weighted by atomic mass is 32.2. The van der Waals surface area contributed by atoms with Gasteiger partial charge in [0, 0.05) is 35.3 Å². The molecule has 4 aromatic rings. The van der Waals surface area contributed by atoms with E-state index in [2.05, 4.69) is 4.98 Å². The van der Waals surface area contributed by atoms with Crippen LogP contribution in [0.4, 0.5) is 0 Å². The number of aromatic nitrogens is 3. The summed E-state index contributed by atoms with van der Waals surface area (Å²) in [5.74, 6) is 1.20. The van der Waals surface area contributed by atoms with E-state index in [0.717, 1.165) is 16.1 Å². The smallest absolute Gasteiger partial charge is 0.179 e. The van der Waals surface area contributed by atoms with Crippen molar-refractivity contribution < 1.29 is 14.3 Å². The van der Waals surface area contributed by atoms with Gasteiger partial charge in [0.05, 0.1) is 25.4 Å². The topological polar surface area (TPSA) is 93.0 Å². The Morgan fingerprint density at radius 2 is 1.90 bits per heavy atom. The maximum absolute atomic E-state index is 12.7. The van der Waals surface area contributed by atoms with Gasteiger partial charge in [0.2, 0.25) is 0 Å². The molecule has 8 heteroatoms. The van der Waals surface area contributed by atoms with E-state index < -0.39 is 0 Å². The second kappa shape index (κ2) is 8.85. The number of nitrogens with one attached hydrogen (secondary N) is 2. The van der Waals surface area contributed by atoms with Crippen molar-refractivity contribution >= 4 is 39.4 Å². The first-order chi connectivity index (χ1) is 15.0. The Labute approximate surface area is 183 Å². The van der Waals surface area contributed by atoms with Crippen LogP contribution in [-0.2, 0) is 6.54 Å². The van der Waals surface area contributed by atoms with Gasteiger partial charge >= 0.3 is 0 Å². The average Bonchev–Trinajstić information content (AvgIpc) is 3.24. The van der Waals surface area contributed by atoms with Crippen LogP contribution in [0.3, 0.4) is 0 Å². The average molecular weight is 437 g/mol. The van der Waals surface area contributed by atoms with Gasteiger partial charge in [-0.3, -0.25) is 10.2 Å². The first kappa shape index (κ1) is 21.0. The van der Waals surface area contributed by atoms with Crippen LogP contribution in [0.25, 0.3) is 21.8 Å². The number of methoxy groups -OCH3 is 2. The minimum atomic E-state index is 0.0641. The molecule has 160 valence electrons. The van der Waals surface area contributed by atoms with E-state index in [1.165, 1.54) is 11.8 Å². The third kappa shape index (κ3) is 4.03. The lowest BCUT2D eigenvalue weighted by Crippen LogP contribution is -2.24. The zero-order chi connectivity index (χ0) is 22.0. The molecule has 4 rings (SSSR count). The summed E-state index contributed by atoms with van der Waals surface area (Å²) in [6.07, 6.45) is 2.93. The summed E-state index contributed by atoms with van der Waals surface area (Å²) in [6, 6.07) is 13.3. The quantitative estimate of drug-likeness (QED) is 0.243. The van der Waals surface area contributed by atoms with Gasteiger partial charge in [-0.2, -0.15) is 0 Å². The molecule has 2 N–H and O–H groups in total. The molecule has 7 nitrogen and oxygen atoms in total. The Hall–Kier alpha value is -3.26. The Kier molecular flexibility index (Phi) is 5.99. The summed E-state index contributed by atoms with van der Waals surface area (Å²) in [6.45, 7) is 0.526. The van der Waals surface area contributed by atoms with Gasteiger partial charge in [-0.25, -0.2) is 4.98 Å². The highest BCUT2D eigenvalue weighted by Crippen LogP contribution is 2.31. The first-order valence-corrected chi connectivity index (χ1v) is 11.1. The molecule has 2 aromatic carbocycles. The molecule has 0 saturated heterocycles. The van der Waals surface area contributed by atoms with Crippen molar-refractivity contribution in [1.82, 2.24) is 14.5 Å². The van der Waals surface area contributed by atoms with E-state index in [1.807, 2.05) is 41.2 Å². The van der Waals surface area contributed by atoms with Gasteiger partial charge < -0.3 is 19.0 Å². The summed E-state index contributed by atoms with van der Waals surface area (Å²) < 4.78 is 12.6. The molecule has 2 aromatic heterocycles. The van der Waals surface area contributed by atoms with Crippen molar-refractivity contribution in [2.45, 2.75) is 24.5 Å². The van der Waals surface area contributed by atoms with E-state index >= 15 is 0 Å². The highest BCUT2D eigenvalue weighted by molar-refractivity contribution is 7.98. The number of aromatic amines is 1. The van der Waals surface area contributed by atoms with E-state index in [-0.39, 0.29) is 5.78 Å². The number of Topliss-reactive ketones (excluding diaryl/α,β-unsaturated/α-hetero) is 1. The van der Waals surface area contributed by atoms with Gasteiger partial charge in [0.1, 0.15) is 5.49 Å². The minimum Gasteiger partial charge on any atom is -0.493 e. The standard InChI is InChI=1S/C23H24N4O3S/c1-29-20-12-15-17(13-21(20)30-2)26-23(31-3)27(22(15)24)10-6-9-19(28)18-11-14-7-4-5-8-16(14)25-18/h4-5,7-8,11-13,24-25H,6,9-10H2,1-3H3. The number of fused-ring (bicyclic) bond motifs is 2. The number of thioether (sulfide) groups is 1. The predicted molar refractivity (Wildman–Crippen MR) is 122 cm³/mol. The fourth-order valence-electron chi connectivity index (χ4n) is 3.67. The summed E-state index contributed by atoms with van der Waals surface area (Å²) in [4.78, 5) is 20.6. The lowest BCUT2D eigenvalue weighted by molar-refractivity contribution is 0.0974. The van der Waals surface area contributed by atoms with Crippen LogP contribution in [0.5, 0.6) is 11.5 Å². The molecule has 0 aliphatic rings. The second-order valence-corrected chi connectivity index (χ2v) is 7.89. The van der Waals surface area contributed by atoms with E-state index in [4.69, 9.17) is 19.9 Å². The fourth-order valence-corrected chi connectivity index (χ4v) is 4.27. The zero-order valence-electron chi connectivity index (χ0n) is 17.7. The number of rotatable bonds is 8. The van der Waals surface area contributed by atoms with Crippen LogP contribution >= 0.6 is 11.8 Å². The molecule has 31 heavy (non-hydrogen) atoms. The maximum atomic E-state index is 12.7. The maximum Gasteiger partial charge on any atom is 0.179 e. The molecule has 0 radical (unpaired) electrons. The molecular weight excluding hydrogens is 412 g/mol. The summed E-state index contributed by atoms with van der Waals surface area (Å²) in [5, 5.41) is 11.2. The molecule has 0 aliphatic carbocycles. The number of benzene rings is 2. The fraction of sp³-hybridized carbons (Fsp3) is 0.261. The number of ketones is 1. The lowest BCUT2D eigenvalue weighted by atomic mass is 10.1. The van der Waals surface area contributed by atoms with E-state index in [0.29, 0.717) is 53.0 Å². The number of H-pyrrole nitrogens is 1. The summed E-state index contributed by atoms with van der Waals surface area (Å²) in [5.41, 5.74) is 2.60. The number of hydrogen-bond acceptors (Lipinski definition) is 6. The van der Waals surface area contributed by atoms with Gasteiger partial charge in [-0.1, -0.05) is 30.0 Å². The van der Waals surface area contributed by atoms with Crippen LogP contribution in [0.2, 0.25) is 0 Å². The molecule has 0 atom stereocenters. The summed E-state index contributed by atoms with van der Waals surface area (Å²) >= 11 is 1.47. The van der Waals surface area contributed by atoms with Crippen LogP contribution < -0.4 is 15.0 Å². The summed E-state index contributed by atoms with van der Waals surface area (Å²) in [7, 11) is 3.15. The van der Waals surface area contributed by atoms with Crippen molar-refractivity contribution in [3.8, 4) is 11.5 Å². The molecule has 2 heterocycles. The van der Waals surface area contributed by atoms with Crippen molar-refractivity contribution in [2.75, 3.05) is 20.5 Å². The van der Waals surface area contributed by atoms with Crippen LogP contribution in [0.15, 0.2) is 47.6 Å². The predicted octanol–water partition coefficient (Wildman–Crippen LogP) is 4.40. The van der Waals surface area contributed by atoms with Gasteiger partial charge in [0.25, 0.3) is 0 Å². The van der Waals surface area contributed by atoms with E-state index in [9.17, 15) is 4.79 Å². The lowest BCUT2D eigenvalue weighted by Gasteiger charge is -2.15. The van der Waals surface area contributed by atoms with Gasteiger partial charge in [0.15, 0.2) is 22.4 Å². The second-order valence-electron chi connectivity index (χ2n) is 7.12. The minimum absolute atomic E-state index is 0.0641. The van der Waals surface area contributed by atoms with Crippen molar-refractivity contribution in [3.63, 3.8) is 0 Å². The van der Waals surface area contributed by atoms with Gasteiger partial charge in [-0.15, -0.1) is 0 Å². The molecule has 0 fully saturated rings. The van der Waals surface area contributed by atoms with Crippen molar-refractivity contribution in [3.05, 3.63) is 53.6 Å². The molecule has 0 unspecified atom stereocenters. The molecule has 0 aliphatic heterocycles. The molecule has 0 saturated carbocycles. The van der Waals surface area contributed by atoms with Gasteiger partial charge in [-0.05, 0) is 30.9 Å². The van der Waals surface area contributed by atoms with Crippen LogP contribution in [-0.4, -0.2) is 40.8 Å². The third-order valence-electron chi connectivity index (χ3n) is 5.27. The van der Waals surface area contributed by atoms with Crippen LogP contribution in [0, 0.1) is 5.41 Å². The molecule has 0 spiro atoms. The largest absolute Gasteiger partial charge is 0.493 e. The molecule has 0 bridgehead atoms. The Morgan fingerprint density at radius 3 is 2.61 bits per heavy atom. The monoisotopic (exact) mass is 436 g/mol. The molecular formula is C23H24N4O3S. The Morgan fingerprint density at radius 1 is 1.16 bits per heavy atom. The zero-order valence-corrected chi connectivity index (χ0v) is 18.5. The highest BCUT2D eigenvalue weighted by Gasteiger charge is 2.14. The Balaban J connectivity index is 1.57. The number of hydrogen-bond donors (Lipinski definition) is 2. The van der Waals surface area contributed by atoms with Crippen molar-refractivity contribution in [2.24, 2.45) is 0 Å². The SMILES string of the molecule is COc1cc2nc(SC)n(CCCC(=O)c3cc4ccccc4[nH]3)c(=N)c2cc1OC. The number of carbonyl (C=O) groups is 1. The Bertz CT molecular complexity index is 1290. The first-order valence-electron chi connectivity index (χ1n) is 9.91. The number of ether oxygens (including phenoxy) is 2.